The van der Waals surface area contributed by atoms with Crippen molar-refractivity contribution in [3.8, 4) is 0 Å². The van der Waals surface area contributed by atoms with E-state index in [1.165, 1.54) is 12.8 Å². The molecular formula is C16H22N2O2. The second-order valence-electron chi connectivity index (χ2n) is 5.88. The van der Waals surface area contributed by atoms with Crippen molar-refractivity contribution >= 4 is 5.91 Å². The fourth-order valence-electron chi connectivity index (χ4n) is 3.27. The zero-order chi connectivity index (χ0) is 13.8. The minimum Gasteiger partial charge on any atom is -0.375 e. The molecule has 3 heterocycles. The van der Waals surface area contributed by atoms with E-state index in [4.69, 9.17) is 4.74 Å². The van der Waals surface area contributed by atoms with Crippen molar-refractivity contribution in [2.75, 3.05) is 19.7 Å². The first-order chi connectivity index (χ1) is 9.77. The van der Waals surface area contributed by atoms with Gasteiger partial charge in [0.1, 0.15) is 0 Å². The summed E-state index contributed by atoms with van der Waals surface area (Å²) in [6.45, 7) is 2.60. The monoisotopic (exact) mass is 274 g/mol. The molecule has 2 aliphatic heterocycles. The summed E-state index contributed by atoms with van der Waals surface area (Å²) in [6, 6.07) is 3.94. The molecule has 2 aliphatic rings. The molecule has 0 N–H and O–H groups in total. The smallest absolute Gasteiger partial charge is 0.222 e. The molecule has 0 bridgehead atoms. The lowest BCUT2D eigenvalue weighted by Gasteiger charge is -2.38. The highest BCUT2D eigenvalue weighted by atomic mass is 16.5. The van der Waals surface area contributed by atoms with Gasteiger partial charge in [-0.1, -0.05) is 6.07 Å². The number of aryl methyl sites for hydroxylation is 1. The number of aromatic nitrogens is 1. The molecule has 0 aromatic carbocycles. The molecule has 1 aromatic rings. The van der Waals surface area contributed by atoms with Crippen molar-refractivity contribution in [1.29, 1.82) is 0 Å². The normalized spacial score (nSPS) is 21.3. The average molecular weight is 274 g/mol. The molecule has 0 radical (unpaired) electrons. The van der Waals surface area contributed by atoms with Crippen LogP contribution in [0.5, 0.6) is 0 Å². The molecule has 2 fully saturated rings. The number of rotatable bonds is 3. The molecule has 1 aromatic heterocycles. The molecule has 1 amide bonds. The second kappa shape index (κ2) is 5.92. The van der Waals surface area contributed by atoms with E-state index in [1.54, 1.807) is 6.20 Å². The molecule has 4 heteroatoms. The first kappa shape index (κ1) is 13.6. The summed E-state index contributed by atoms with van der Waals surface area (Å²) in [5, 5.41) is 0. The number of carbonyl (C=O) groups excluding carboxylic acids is 1. The lowest BCUT2D eigenvalue weighted by Crippen LogP contribution is -2.46. The van der Waals surface area contributed by atoms with E-state index >= 15 is 0 Å². The van der Waals surface area contributed by atoms with Gasteiger partial charge in [-0.15, -0.1) is 0 Å². The summed E-state index contributed by atoms with van der Waals surface area (Å²) in [7, 11) is 0. The minimum atomic E-state index is 0.0974. The SMILES string of the molecule is O=C(CCc1cccnc1)N1CCC2(CCCO2)CC1. The summed E-state index contributed by atoms with van der Waals surface area (Å²) in [5.74, 6) is 0.265. The fourth-order valence-corrected chi connectivity index (χ4v) is 3.27. The van der Waals surface area contributed by atoms with Crippen molar-refractivity contribution < 1.29 is 9.53 Å². The summed E-state index contributed by atoms with van der Waals surface area (Å²) in [4.78, 5) is 18.3. The largest absolute Gasteiger partial charge is 0.375 e. The van der Waals surface area contributed by atoms with Crippen LogP contribution >= 0.6 is 0 Å². The van der Waals surface area contributed by atoms with E-state index in [0.29, 0.717) is 6.42 Å². The molecular weight excluding hydrogens is 252 g/mol. The van der Waals surface area contributed by atoms with E-state index in [9.17, 15) is 4.79 Å². The molecule has 2 saturated heterocycles. The van der Waals surface area contributed by atoms with Crippen LogP contribution in [0.3, 0.4) is 0 Å². The van der Waals surface area contributed by atoms with Gasteiger partial charge < -0.3 is 9.64 Å². The van der Waals surface area contributed by atoms with Crippen LogP contribution in [-0.4, -0.2) is 41.1 Å². The van der Waals surface area contributed by atoms with Crippen LogP contribution in [-0.2, 0) is 16.0 Å². The Labute approximate surface area is 120 Å². The number of carbonyl (C=O) groups is 1. The number of ether oxygens (including phenoxy) is 1. The highest BCUT2D eigenvalue weighted by molar-refractivity contribution is 5.76. The van der Waals surface area contributed by atoms with Crippen LogP contribution in [0.2, 0.25) is 0 Å². The predicted molar refractivity (Wildman–Crippen MR) is 76.3 cm³/mol. The highest BCUT2D eigenvalue weighted by Gasteiger charge is 2.39. The zero-order valence-corrected chi connectivity index (χ0v) is 11.9. The Kier molecular flexibility index (Phi) is 4.01. The van der Waals surface area contributed by atoms with Crippen molar-refractivity contribution in [2.24, 2.45) is 0 Å². The Morgan fingerprint density at radius 3 is 2.85 bits per heavy atom. The molecule has 0 atom stereocenters. The van der Waals surface area contributed by atoms with Gasteiger partial charge in [0.05, 0.1) is 5.60 Å². The molecule has 0 unspecified atom stereocenters. The Morgan fingerprint density at radius 2 is 2.20 bits per heavy atom. The number of nitrogens with zero attached hydrogens (tertiary/aromatic N) is 2. The molecule has 3 rings (SSSR count). The number of amides is 1. The van der Waals surface area contributed by atoms with Gasteiger partial charge in [0, 0.05) is 38.5 Å². The predicted octanol–water partition coefficient (Wildman–Crippen LogP) is 2.19. The summed E-state index contributed by atoms with van der Waals surface area (Å²) in [5.41, 5.74) is 1.23. The zero-order valence-electron chi connectivity index (χ0n) is 11.9. The third kappa shape index (κ3) is 3.01. The lowest BCUT2D eigenvalue weighted by molar-refractivity contribution is -0.135. The maximum atomic E-state index is 12.2. The standard InChI is InChI=1S/C16H22N2O2/c19-15(5-4-14-3-1-9-17-13-14)18-10-7-16(8-11-18)6-2-12-20-16/h1,3,9,13H,2,4-8,10-12H2. The fraction of sp³-hybridized carbons (Fsp3) is 0.625. The number of likely N-dealkylation sites (tertiary alicyclic amines) is 1. The first-order valence-corrected chi connectivity index (χ1v) is 7.58. The van der Waals surface area contributed by atoms with Gasteiger partial charge in [0.2, 0.25) is 5.91 Å². The number of hydrogen-bond donors (Lipinski definition) is 0. The maximum Gasteiger partial charge on any atom is 0.222 e. The third-order valence-electron chi connectivity index (χ3n) is 4.56. The highest BCUT2D eigenvalue weighted by Crippen LogP contribution is 2.35. The quantitative estimate of drug-likeness (QED) is 0.848. The van der Waals surface area contributed by atoms with E-state index in [2.05, 4.69) is 4.98 Å². The van der Waals surface area contributed by atoms with Crippen molar-refractivity contribution in [2.45, 2.75) is 44.1 Å². The number of hydrogen-bond acceptors (Lipinski definition) is 3. The van der Waals surface area contributed by atoms with E-state index < -0.39 is 0 Å². The topological polar surface area (TPSA) is 42.4 Å². The van der Waals surface area contributed by atoms with Crippen LogP contribution in [0, 0.1) is 0 Å². The van der Waals surface area contributed by atoms with Gasteiger partial charge in [-0.05, 0) is 43.7 Å². The Hall–Kier alpha value is -1.42. The van der Waals surface area contributed by atoms with Gasteiger partial charge >= 0.3 is 0 Å². The number of pyridine rings is 1. The molecule has 20 heavy (non-hydrogen) atoms. The average Bonchev–Trinajstić information content (AvgIpc) is 2.95. The van der Waals surface area contributed by atoms with E-state index in [1.807, 2.05) is 23.2 Å². The molecule has 0 saturated carbocycles. The second-order valence-corrected chi connectivity index (χ2v) is 5.88. The lowest BCUT2D eigenvalue weighted by atomic mass is 9.88. The first-order valence-electron chi connectivity index (χ1n) is 7.58. The Balaban J connectivity index is 1.47. The van der Waals surface area contributed by atoms with E-state index in [0.717, 1.165) is 44.5 Å². The van der Waals surface area contributed by atoms with Gasteiger partial charge in [0.15, 0.2) is 0 Å². The van der Waals surface area contributed by atoms with Gasteiger partial charge in [-0.3, -0.25) is 9.78 Å². The third-order valence-corrected chi connectivity index (χ3v) is 4.56. The maximum absolute atomic E-state index is 12.2. The molecule has 108 valence electrons. The van der Waals surface area contributed by atoms with Crippen molar-refractivity contribution in [1.82, 2.24) is 9.88 Å². The van der Waals surface area contributed by atoms with Gasteiger partial charge in [-0.2, -0.15) is 0 Å². The van der Waals surface area contributed by atoms with Gasteiger partial charge in [-0.25, -0.2) is 0 Å². The summed E-state index contributed by atoms with van der Waals surface area (Å²) in [6.07, 6.45) is 9.32. The Bertz CT molecular complexity index is 445. The van der Waals surface area contributed by atoms with E-state index in [-0.39, 0.29) is 11.5 Å². The van der Waals surface area contributed by atoms with Crippen molar-refractivity contribution in [3.05, 3.63) is 30.1 Å². The van der Waals surface area contributed by atoms with Crippen LogP contribution in [0.15, 0.2) is 24.5 Å². The Morgan fingerprint density at radius 1 is 1.35 bits per heavy atom. The van der Waals surface area contributed by atoms with Gasteiger partial charge in [0.25, 0.3) is 0 Å². The molecule has 1 spiro atoms. The molecule has 0 aliphatic carbocycles. The molecule has 4 nitrogen and oxygen atoms in total. The van der Waals surface area contributed by atoms with Crippen LogP contribution < -0.4 is 0 Å². The van der Waals surface area contributed by atoms with Crippen LogP contribution in [0.25, 0.3) is 0 Å². The van der Waals surface area contributed by atoms with Crippen LogP contribution in [0.4, 0.5) is 0 Å². The van der Waals surface area contributed by atoms with Crippen LogP contribution in [0.1, 0.15) is 37.7 Å². The number of piperidine rings is 1. The van der Waals surface area contributed by atoms with Crippen molar-refractivity contribution in [3.63, 3.8) is 0 Å². The minimum absolute atomic E-state index is 0.0974. The summed E-state index contributed by atoms with van der Waals surface area (Å²) >= 11 is 0. The summed E-state index contributed by atoms with van der Waals surface area (Å²) < 4.78 is 5.89.